The van der Waals surface area contributed by atoms with Crippen LogP contribution >= 0.6 is 0 Å². The molecular formula is C19H22FN2O2+. The van der Waals surface area contributed by atoms with Crippen LogP contribution in [0.4, 0.5) is 4.39 Å². The summed E-state index contributed by atoms with van der Waals surface area (Å²) in [5, 5.41) is 10.4. The Labute approximate surface area is 140 Å². The Morgan fingerprint density at radius 1 is 1.17 bits per heavy atom. The van der Waals surface area contributed by atoms with Gasteiger partial charge >= 0.3 is 0 Å². The number of nitrogens with zero attached hydrogens (tertiary/aromatic N) is 2. The minimum Gasteiger partial charge on any atom is -0.491 e. The molecular weight excluding hydrogens is 307 g/mol. The van der Waals surface area contributed by atoms with Crippen molar-refractivity contribution in [2.75, 3.05) is 6.61 Å². The molecule has 0 amide bonds. The molecule has 3 rings (SSSR count). The molecule has 24 heavy (non-hydrogen) atoms. The quantitative estimate of drug-likeness (QED) is 0.706. The van der Waals surface area contributed by atoms with E-state index >= 15 is 0 Å². The third-order valence-electron chi connectivity index (χ3n) is 4.20. The monoisotopic (exact) mass is 329 g/mol. The molecule has 1 atom stereocenters. The first-order valence-electron chi connectivity index (χ1n) is 8.12. The van der Waals surface area contributed by atoms with Crippen molar-refractivity contribution in [3.63, 3.8) is 0 Å². The predicted octanol–water partition coefficient (Wildman–Crippen LogP) is 2.61. The Morgan fingerprint density at radius 3 is 2.58 bits per heavy atom. The van der Waals surface area contributed by atoms with Gasteiger partial charge < -0.3 is 9.84 Å². The second kappa shape index (κ2) is 7.01. The van der Waals surface area contributed by atoms with E-state index in [0.29, 0.717) is 12.3 Å². The van der Waals surface area contributed by atoms with Crippen LogP contribution in [0.2, 0.25) is 0 Å². The van der Waals surface area contributed by atoms with Crippen LogP contribution in [0.3, 0.4) is 0 Å². The molecule has 3 aromatic rings. The summed E-state index contributed by atoms with van der Waals surface area (Å²) in [5.41, 5.74) is 2.23. The van der Waals surface area contributed by atoms with Crippen LogP contribution in [0, 0.1) is 5.82 Å². The van der Waals surface area contributed by atoms with Gasteiger partial charge in [0.25, 0.3) is 5.82 Å². The third kappa shape index (κ3) is 3.26. The lowest BCUT2D eigenvalue weighted by molar-refractivity contribution is -0.653. The lowest BCUT2D eigenvalue weighted by Crippen LogP contribution is -2.34. The molecule has 0 aliphatic heterocycles. The van der Waals surface area contributed by atoms with Gasteiger partial charge in [-0.2, -0.15) is 0 Å². The Balaban J connectivity index is 1.75. The number of para-hydroxylation sites is 2. The standard InChI is InChI=1S/C19H22FN2O2/c1-3-19-21(2)17-6-4-5-7-18(17)22(19)12-15(23)13-24-16-10-8-14(20)9-11-16/h4-11,15,23H,3,12-13H2,1-2H3/q+1/t15-/m0/s1. The SMILES string of the molecule is CCc1n(C[C@H](O)COc2ccc(F)cc2)c2ccccc2[n+]1C. The van der Waals surface area contributed by atoms with E-state index in [0.717, 1.165) is 23.3 Å². The fourth-order valence-electron chi connectivity index (χ4n) is 3.05. The Morgan fingerprint density at radius 2 is 1.88 bits per heavy atom. The zero-order valence-electron chi connectivity index (χ0n) is 13.9. The Bertz CT molecular complexity index is 827. The number of aliphatic hydroxyl groups is 1. The largest absolute Gasteiger partial charge is 0.491 e. The molecule has 5 heteroatoms. The van der Waals surface area contributed by atoms with E-state index in [1.165, 1.54) is 12.1 Å². The van der Waals surface area contributed by atoms with Crippen molar-refractivity contribution in [3.05, 3.63) is 60.2 Å². The number of aliphatic hydroxyl groups excluding tert-OH is 1. The maximum absolute atomic E-state index is 12.9. The average Bonchev–Trinajstić information content (AvgIpc) is 2.86. The number of halogens is 1. The molecule has 126 valence electrons. The van der Waals surface area contributed by atoms with Crippen LogP contribution < -0.4 is 9.30 Å². The van der Waals surface area contributed by atoms with Crippen LogP contribution in [-0.4, -0.2) is 22.4 Å². The number of aryl methyl sites for hydroxylation is 1. The van der Waals surface area contributed by atoms with Gasteiger partial charge in [0.15, 0.2) is 11.0 Å². The van der Waals surface area contributed by atoms with Crippen LogP contribution in [-0.2, 0) is 20.0 Å². The number of hydrogen-bond acceptors (Lipinski definition) is 2. The molecule has 0 aliphatic rings. The van der Waals surface area contributed by atoms with Crippen LogP contribution in [0.5, 0.6) is 5.75 Å². The summed E-state index contributed by atoms with van der Waals surface area (Å²) in [6.07, 6.45) is 0.215. The van der Waals surface area contributed by atoms with Crippen LogP contribution in [0.25, 0.3) is 11.0 Å². The predicted molar refractivity (Wildman–Crippen MR) is 90.4 cm³/mol. The van der Waals surface area contributed by atoms with Crippen molar-refractivity contribution in [2.24, 2.45) is 7.05 Å². The number of ether oxygens (including phenoxy) is 1. The molecule has 1 heterocycles. The van der Waals surface area contributed by atoms with E-state index in [2.05, 4.69) is 28.2 Å². The number of imidazole rings is 1. The molecule has 0 spiro atoms. The Hall–Kier alpha value is -2.40. The molecule has 0 unspecified atom stereocenters. The third-order valence-corrected chi connectivity index (χ3v) is 4.20. The number of aromatic nitrogens is 2. The molecule has 2 aromatic carbocycles. The fourth-order valence-corrected chi connectivity index (χ4v) is 3.05. The second-order valence-corrected chi connectivity index (χ2v) is 5.85. The number of rotatable bonds is 6. The first-order valence-corrected chi connectivity index (χ1v) is 8.12. The highest BCUT2D eigenvalue weighted by Crippen LogP contribution is 2.16. The van der Waals surface area contributed by atoms with E-state index in [4.69, 9.17) is 4.74 Å². The molecule has 1 aromatic heterocycles. The van der Waals surface area contributed by atoms with E-state index in [9.17, 15) is 9.50 Å². The van der Waals surface area contributed by atoms with E-state index in [-0.39, 0.29) is 12.4 Å². The molecule has 0 saturated heterocycles. The number of hydrogen-bond donors (Lipinski definition) is 1. The lowest BCUT2D eigenvalue weighted by atomic mass is 10.3. The number of fused-ring (bicyclic) bond motifs is 1. The zero-order valence-corrected chi connectivity index (χ0v) is 13.9. The Kier molecular flexibility index (Phi) is 4.81. The maximum atomic E-state index is 12.9. The second-order valence-electron chi connectivity index (χ2n) is 5.85. The first-order chi connectivity index (χ1) is 11.6. The average molecular weight is 329 g/mol. The van der Waals surface area contributed by atoms with Gasteiger partial charge in [-0.3, -0.25) is 0 Å². The van der Waals surface area contributed by atoms with Crippen molar-refractivity contribution >= 4 is 11.0 Å². The minimum atomic E-state index is -0.656. The summed E-state index contributed by atoms with van der Waals surface area (Å²) < 4.78 is 22.7. The summed E-state index contributed by atoms with van der Waals surface area (Å²) in [5.74, 6) is 1.40. The molecule has 4 nitrogen and oxygen atoms in total. The van der Waals surface area contributed by atoms with Gasteiger partial charge in [-0.1, -0.05) is 19.1 Å². The summed E-state index contributed by atoms with van der Waals surface area (Å²) in [7, 11) is 2.04. The van der Waals surface area contributed by atoms with Gasteiger partial charge in [0, 0.05) is 6.42 Å². The summed E-state index contributed by atoms with van der Waals surface area (Å²) in [4.78, 5) is 0. The van der Waals surface area contributed by atoms with Crippen LogP contribution in [0.1, 0.15) is 12.7 Å². The van der Waals surface area contributed by atoms with Crippen molar-refractivity contribution in [1.82, 2.24) is 4.57 Å². The molecule has 0 saturated carbocycles. The topological polar surface area (TPSA) is 38.3 Å². The van der Waals surface area contributed by atoms with E-state index in [1.807, 2.05) is 19.2 Å². The van der Waals surface area contributed by atoms with Gasteiger partial charge in [0.1, 0.15) is 30.8 Å². The minimum absolute atomic E-state index is 0.158. The van der Waals surface area contributed by atoms with Gasteiger partial charge in [-0.15, -0.1) is 0 Å². The van der Waals surface area contributed by atoms with E-state index in [1.54, 1.807) is 12.1 Å². The van der Waals surface area contributed by atoms with Crippen molar-refractivity contribution < 1.29 is 18.8 Å². The highest BCUT2D eigenvalue weighted by molar-refractivity contribution is 5.72. The zero-order chi connectivity index (χ0) is 17.1. The molecule has 0 fully saturated rings. The fraction of sp³-hybridized carbons (Fsp3) is 0.316. The van der Waals surface area contributed by atoms with E-state index < -0.39 is 6.10 Å². The molecule has 1 N–H and O–H groups in total. The summed E-state index contributed by atoms with van der Waals surface area (Å²) >= 11 is 0. The van der Waals surface area contributed by atoms with Crippen molar-refractivity contribution in [2.45, 2.75) is 26.0 Å². The number of benzene rings is 2. The highest BCUT2D eigenvalue weighted by Gasteiger charge is 2.23. The van der Waals surface area contributed by atoms with Crippen molar-refractivity contribution in [1.29, 1.82) is 0 Å². The smallest absolute Gasteiger partial charge is 0.256 e. The lowest BCUT2D eigenvalue weighted by Gasteiger charge is -2.12. The molecule has 0 radical (unpaired) electrons. The van der Waals surface area contributed by atoms with Crippen molar-refractivity contribution in [3.8, 4) is 5.75 Å². The summed E-state index contributed by atoms with van der Waals surface area (Å²) in [6.45, 7) is 2.71. The van der Waals surface area contributed by atoms with Gasteiger partial charge in [0.05, 0.1) is 7.05 Å². The molecule has 0 aliphatic carbocycles. The van der Waals surface area contributed by atoms with Gasteiger partial charge in [-0.25, -0.2) is 13.5 Å². The normalized spacial score (nSPS) is 12.5. The summed E-state index contributed by atoms with van der Waals surface area (Å²) in [6, 6.07) is 14.0. The highest BCUT2D eigenvalue weighted by atomic mass is 19.1. The molecule has 0 bridgehead atoms. The van der Waals surface area contributed by atoms with Gasteiger partial charge in [0.2, 0.25) is 0 Å². The maximum Gasteiger partial charge on any atom is 0.256 e. The van der Waals surface area contributed by atoms with Gasteiger partial charge in [-0.05, 0) is 36.4 Å². The first kappa shape index (κ1) is 16.5. The van der Waals surface area contributed by atoms with Crippen LogP contribution in [0.15, 0.2) is 48.5 Å².